The molecule has 1 aromatic carbocycles. The molecule has 1 fully saturated rings. The van der Waals surface area contributed by atoms with E-state index in [2.05, 4.69) is 43.1 Å². The van der Waals surface area contributed by atoms with E-state index in [1.807, 2.05) is 0 Å². The molecular weight excluding hydrogens is 182 g/mol. The number of rotatable bonds is 0. The molecular formula is C14H19N. The van der Waals surface area contributed by atoms with Gasteiger partial charge in [0, 0.05) is 6.04 Å². The van der Waals surface area contributed by atoms with E-state index in [-0.39, 0.29) is 0 Å². The van der Waals surface area contributed by atoms with Gasteiger partial charge in [0.15, 0.2) is 0 Å². The van der Waals surface area contributed by atoms with Gasteiger partial charge in [-0.05, 0) is 49.4 Å². The maximum atomic E-state index is 2.55. The van der Waals surface area contributed by atoms with E-state index in [1.54, 1.807) is 11.1 Å². The highest BCUT2D eigenvalue weighted by Gasteiger charge is 2.45. The third-order valence-electron chi connectivity index (χ3n) is 4.30. The van der Waals surface area contributed by atoms with E-state index in [9.17, 15) is 0 Å². The van der Waals surface area contributed by atoms with Gasteiger partial charge in [-0.3, -0.25) is 4.90 Å². The minimum atomic E-state index is 0.497. The third kappa shape index (κ3) is 1.26. The maximum Gasteiger partial charge on any atom is 0.0404 e. The van der Waals surface area contributed by atoms with Crippen molar-refractivity contribution in [3.63, 3.8) is 0 Å². The van der Waals surface area contributed by atoms with Crippen molar-refractivity contribution in [1.29, 1.82) is 0 Å². The fourth-order valence-corrected chi connectivity index (χ4v) is 3.73. The molecule has 1 heteroatoms. The molecule has 3 rings (SSSR count). The smallest absolute Gasteiger partial charge is 0.0404 e. The zero-order chi connectivity index (χ0) is 10.5. The summed E-state index contributed by atoms with van der Waals surface area (Å²) in [5, 5.41) is 0. The lowest BCUT2D eigenvalue weighted by Gasteiger charge is -2.43. The SMILES string of the molecule is CN1CCC[C@@]2(C)Cc3ccccc3C12. The van der Waals surface area contributed by atoms with E-state index in [0.717, 1.165) is 0 Å². The topological polar surface area (TPSA) is 3.24 Å². The summed E-state index contributed by atoms with van der Waals surface area (Å²) in [5.41, 5.74) is 3.66. The molecule has 0 saturated carbocycles. The number of piperidine rings is 1. The number of hydrogen-bond donors (Lipinski definition) is 0. The fourth-order valence-electron chi connectivity index (χ4n) is 3.73. The molecule has 2 aliphatic rings. The molecule has 0 bridgehead atoms. The molecule has 1 saturated heterocycles. The van der Waals surface area contributed by atoms with Crippen LogP contribution < -0.4 is 0 Å². The van der Waals surface area contributed by atoms with Gasteiger partial charge in [-0.1, -0.05) is 31.2 Å². The van der Waals surface area contributed by atoms with Crippen molar-refractivity contribution in [2.75, 3.05) is 13.6 Å². The minimum Gasteiger partial charge on any atom is -0.299 e. The normalized spacial score (nSPS) is 34.9. The first-order chi connectivity index (χ1) is 7.21. The van der Waals surface area contributed by atoms with E-state index in [1.165, 1.54) is 25.8 Å². The van der Waals surface area contributed by atoms with Crippen molar-refractivity contribution in [2.45, 2.75) is 32.2 Å². The van der Waals surface area contributed by atoms with Gasteiger partial charge in [-0.25, -0.2) is 0 Å². The van der Waals surface area contributed by atoms with Crippen LogP contribution in [-0.4, -0.2) is 18.5 Å². The highest BCUT2D eigenvalue weighted by molar-refractivity contribution is 5.38. The first-order valence-corrected chi connectivity index (χ1v) is 5.99. The van der Waals surface area contributed by atoms with E-state index in [0.29, 0.717) is 11.5 Å². The summed E-state index contributed by atoms with van der Waals surface area (Å²) in [6.45, 7) is 3.72. The second-order valence-corrected chi connectivity index (χ2v) is 5.52. The quantitative estimate of drug-likeness (QED) is 0.623. The number of hydrogen-bond acceptors (Lipinski definition) is 1. The molecule has 0 radical (unpaired) electrons. The molecule has 0 spiro atoms. The molecule has 0 amide bonds. The Morgan fingerprint density at radius 1 is 1.33 bits per heavy atom. The van der Waals surface area contributed by atoms with Crippen molar-refractivity contribution in [3.8, 4) is 0 Å². The maximum absolute atomic E-state index is 2.55. The summed E-state index contributed by atoms with van der Waals surface area (Å²) >= 11 is 0. The van der Waals surface area contributed by atoms with Crippen LogP contribution in [0.3, 0.4) is 0 Å². The van der Waals surface area contributed by atoms with Crippen LogP contribution >= 0.6 is 0 Å². The lowest BCUT2D eigenvalue weighted by molar-refractivity contribution is 0.0590. The number of likely N-dealkylation sites (tertiary alicyclic amines) is 1. The van der Waals surface area contributed by atoms with Crippen LogP contribution in [0.25, 0.3) is 0 Å². The zero-order valence-corrected chi connectivity index (χ0v) is 9.66. The van der Waals surface area contributed by atoms with Crippen LogP contribution in [0, 0.1) is 5.41 Å². The standard InChI is InChI=1S/C14H19N/c1-14-8-5-9-15(2)13(14)12-7-4-3-6-11(12)10-14/h3-4,6-7,13H,5,8-10H2,1-2H3/t13?,14-/m0/s1. The van der Waals surface area contributed by atoms with Gasteiger partial charge >= 0.3 is 0 Å². The summed E-state index contributed by atoms with van der Waals surface area (Å²) in [4.78, 5) is 2.55. The highest BCUT2D eigenvalue weighted by Crippen LogP contribution is 2.53. The molecule has 15 heavy (non-hydrogen) atoms. The highest BCUT2D eigenvalue weighted by atomic mass is 15.2. The lowest BCUT2D eigenvalue weighted by atomic mass is 9.75. The Morgan fingerprint density at radius 3 is 3.00 bits per heavy atom. The fraction of sp³-hybridized carbons (Fsp3) is 0.571. The van der Waals surface area contributed by atoms with Crippen LogP contribution in [0.2, 0.25) is 0 Å². The largest absolute Gasteiger partial charge is 0.299 e. The Balaban J connectivity index is 2.09. The summed E-state index contributed by atoms with van der Waals surface area (Å²) < 4.78 is 0. The summed E-state index contributed by atoms with van der Waals surface area (Å²) in [6.07, 6.45) is 4.02. The molecule has 1 aromatic rings. The third-order valence-corrected chi connectivity index (χ3v) is 4.30. The monoisotopic (exact) mass is 201 g/mol. The van der Waals surface area contributed by atoms with Gasteiger partial charge in [-0.15, -0.1) is 0 Å². The molecule has 1 nitrogen and oxygen atoms in total. The Morgan fingerprint density at radius 2 is 2.13 bits per heavy atom. The summed E-state index contributed by atoms with van der Waals surface area (Å²) in [7, 11) is 2.28. The van der Waals surface area contributed by atoms with Crippen LogP contribution in [-0.2, 0) is 6.42 Å². The first-order valence-electron chi connectivity index (χ1n) is 5.99. The number of fused-ring (bicyclic) bond motifs is 3. The molecule has 2 atom stereocenters. The molecule has 80 valence electrons. The molecule has 1 heterocycles. The number of benzene rings is 1. The van der Waals surface area contributed by atoms with Gasteiger partial charge in [0.25, 0.3) is 0 Å². The Kier molecular flexibility index (Phi) is 1.93. The average Bonchev–Trinajstić information content (AvgIpc) is 2.50. The predicted octanol–water partition coefficient (Wildman–Crippen LogP) is 3.02. The van der Waals surface area contributed by atoms with Gasteiger partial charge < -0.3 is 0 Å². The lowest BCUT2D eigenvalue weighted by Crippen LogP contribution is -2.40. The summed E-state index contributed by atoms with van der Waals surface area (Å²) in [5.74, 6) is 0. The summed E-state index contributed by atoms with van der Waals surface area (Å²) in [6, 6.07) is 9.68. The number of nitrogens with zero attached hydrogens (tertiary/aromatic N) is 1. The second kappa shape index (κ2) is 3.08. The molecule has 0 N–H and O–H groups in total. The molecule has 1 unspecified atom stereocenters. The molecule has 0 aromatic heterocycles. The first kappa shape index (κ1) is 9.41. The predicted molar refractivity (Wildman–Crippen MR) is 62.9 cm³/mol. The van der Waals surface area contributed by atoms with Crippen LogP contribution in [0.15, 0.2) is 24.3 Å². The Bertz CT molecular complexity index is 385. The van der Waals surface area contributed by atoms with Crippen LogP contribution in [0.1, 0.15) is 36.9 Å². The molecule has 1 aliphatic heterocycles. The van der Waals surface area contributed by atoms with E-state index < -0.39 is 0 Å². The molecule has 1 aliphatic carbocycles. The minimum absolute atomic E-state index is 0.497. The van der Waals surface area contributed by atoms with Gasteiger partial charge in [0.05, 0.1) is 0 Å². The van der Waals surface area contributed by atoms with E-state index >= 15 is 0 Å². The van der Waals surface area contributed by atoms with Crippen LogP contribution in [0.4, 0.5) is 0 Å². The van der Waals surface area contributed by atoms with Crippen molar-refractivity contribution in [1.82, 2.24) is 4.90 Å². The van der Waals surface area contributed by atoms with Gasteiger partial charge in [0.2, 0.25) is 0 Å². The Hall–Kier alpha value is -0.820. The van der Waals surface area contributed by atoms with Crippen molar-refractivity contribution in [2.24, 2.45) is 5.41 Å². The zero-order valence-electron chi connectivity index (χ0n) is 9.66. The Labute approximate surface area is 92.1 Å². The van der Waals surface area contributed by atoms with Crippen molar-refractivity contribution < 1.29 is 0 Å². The van der Waals surface area contributed by atoms with Crippen molar-refractivity contribution in [3.05, 3.63) is 35.4 Å². The van der Waals surface area contributed by atoms with Crippen molar-refractivity contribution >= 4 is 0 Å². The van der Waals surface area contributed by atoms with Gasteiger partial charge in [0.1, 0.15) is 0 Å². The van der Waals surface area contributed by atoms with Crippen LogP contribution in [0.5, 0.6) is 0 Å². The second-order valence-electron chi connectivity index (χ2n) is 5.52. The van der Waals surface area contributed by atoms with Gasteiger partial charge in [-0.2, -0.15) is 0 Å². The van der Waals surface area contributed by atoms with E-state index in [4.69, 9.17) is 0 Å². The average molecular weight is 201 g/mol.